The number of carboxylic acids is 1. The van der Waals surface area contributed by atoms with Crippen LogP contribution in [0.3, 0.4) is 0 Å². The third-order valence-electron chi connectivity index (χ3n) is 2.71. The number of hydrogen-bond acceptors (Lipinski definition) is 4. The molecule has 0 aliphatic heterocycles. The van der Waals surface area contributed by atoms with Crippen LogP contribution >= 0.6 is 0 Å². The molecule has 0 heterocycles. The maximum Gasteiger partial charge on any atom is 0.337 e. The molecule has 4 N–H and O–H groups in total. The van der Waals surface area contributed by atoms with Gasteiger partial charge in [0.1, 0.15) is 11.6 Å². The summed E-state index contributed by atoms with van der Waals surface area (Å²) in [5, 5.41) is 12.0. The zero-order valence-electron chi connectivity index (χ0n) is 10.7. The number of halogens is 1. The highest BCUT2D eigenvalue weighted by molar-refractivity contribution is 5.96. The molecule has 5 nitrogen and oxygen atoms in total. The Morgan fingerprint density at radius 2 is 2.00 bits per heavy atom. The number of methoxy groups -OCH3 is 1. The van der Waals surface area contributed by atoms with E-state index in [1.165, 1.54) is 43.5 Å². The van der Waals surface area contributed by atoms with Gasteiger partial charge in [0.15, 0.2) is 0 Å². The Morgan fingerprint density at radius 3 is 2.65 bits per heavy atom. The number of rotatable bonds is 4. The van der Waals surface area contributed by atoms with Crippen LogP contribution in [0.2, 0.25) is 0 Å². The quantitative estimate of drug-likeness (QED) is 0.748. The van der Waals surface area contributed by atoms with Gasteiger partial charge in [0.2, 0.25) is 0 Å². The summed E-state index contributed by atoms with van der Waals surface area (Å²) in [7, 11) is 1.40. The van der Waals surface area contributed by atoms with E-state index in [1.807, 2.05) is 0 Å². The van der Waals surface area contributed by atoms with Crippen LogP contribution in [0.5, 0.6) is 5.75 Å². The largest absolute Gasteiger partial charge is 0.494 e. The van der Waals surface area contributed by atoms with E-state index in [0.717, 1.165) is 0 Å². The molecule has 0 aliphatic rings. The van der Waals surface area contributed by atoms with Crippen molar-refractivity contribution in [3.63, 3.8) is 0 Å². The number of carboxylic acid groups (broad SMARTS) is 1. The molecule has 6 heteroatoms. The lowest BCUT2D eigenvalue weighted by molar-refractivity contribution is 0.0698. The molecule has 0 fully saturated rings. The van der Waals surface area contributed by atoms with Crippen molar-refractivity contribution in [3.05, 3.63) is 47.8 Å². The minimum atomic E-state index is -1.09. The van der Waals surface area contributed by atoms with Gasteiger partial charge in [-0.05, 0) is 30.3 Å². The van der Waals surface area contributed by atoms with Gasteiger partial charge < -0.3 is 20.9 Å². The number of carbonyl (C=O) groups is 1. The average molecular weight is 276 g/mol. The molecule has 20 heavy (non-hydrogen) atoms. The molecule has 104 valence electrons. The number of benzene rings is 2. The first kappa shape index (κ1) is 13.7. The Bertz CT molecular complexity index is 659. The highest BCUT2D eigenvalue weighted by Gasteiger charge is 2.12. The lowest BCUT2D eigenvalue weighted by Gasteiger charge is -2.13. The molecule has 2 aromatic carbocycles. The van der Waals surface area contributed by atoms with Crippen molar-refractivity contribution in [2.45, 2.75) is 0 Å². The second-order valence-electron chi connectivity index (χ2n) is 4.08. The Hall–Kier alpha value is -2.76. The molecule has 2 rings (SSSR count). The summed E-state index contributed by atoms with van der Waals surface area (Å²) in [6, 6.07) is 8.30. The third-order valence-corrected chi connectivity index (χ3v) is 2.71. The summed E-state index contributed by atoms with van der Waals surface area (Å²) in [4.78, 5) is 11.2. The van der Waals surface area contributed by atoms with Gasteiger partial charge in [-0.1, -0.05) is 0 Å². The zero-order chi connectivity index (χ0) is 14.7. The highest BCUT2D eigenvalue weighted by atomic mass is 19.1. The molecule has 0 aliphatic carbocycles. The number of ether oxygens (including phenoxy) is 1. The fourth-order valence-electron chi connectivity index (χ4n) is 1.77. The van der Waals surface area contributed by atoms with Gasteiger partial charge in [-0.15, -0.1) is 0 Å². The third kappa shape index (κ3) is 2.80. The van der Waals surface area contributed by atoms with Gasteiger partial charge in [0.05, 0.1) is 24.0 Å². The average Bonchev–Trinajstić information content (AvgIpc) is 2.40. The predicted octanol–water partition coefficient (Wildman–Crippen LogP) is 2.86. The zero-order valence-corrected chi connectivity index (χ0v) is 10.7. The maximum absolute atomic E-state index is 13.1. The molecular formula is C14H13FN2O3. The molecule has 0 amide bonds. The molecular weight excluding hydrogens is 263 g/mol. The number of aromatic carboxylic acids is 1. The number of anilines is 3. The molecule has 0 saturated carbocycles. The molecule has 0 bridgehead atoms. The van der Waals surface area contributed by atoms with Crippen LogP contribution in [0.4, 0.5) is 21.5 Å². The lowest BCUT2D eigenvalue weighted by atomic mass is 10.1. The summed E-state index contributed by atoms with van der Waals surface area (Å²) in [5.74, 6) is -1.27. The first-order valence-electron chi connectivity index (χ1n) is 5.74. The normalized spacial score (nSPS) is 10.1. The lowest BCUT2D eigenvalue weighted by Crippen LogP contribution is -2.04. The van der Waals surface area contributed by atoms with Crippen LogP contribution in [-0.2, 0) is 0 Å². The first-order chi connectivity index (χ1) is 9.51. The Kier molecular flexibility index (Phi) is 3.74. The van der Waals surface area contributed by atoms with Crippen molar-refractivity contribution in [2.75, 3.05) is 18.2 Å². The SMILES string of the molecule is COc1cc(F)ccc1Nc1cc(N)ccc1C(=O)O. The van der Waals surface area contributed by atoms with Crippen molar-refractivity contribution in [3.8, 4) is 5.75 Å². The topological polar surface area (TPSA) is 84.6 Å². The van der Waals surface area contributed by atoms with Gasteiger partial charge in [-0.25, -0.2) is 9.18 Å². The highest BCUT2D eigenvalue weighted by Crippen LogP contribution is 2.30. The van der Waals surface area contributed by atoms with E-state index in [-0.39, 0.29) is 11.3 Å². The Labute approximate surface area is 114 Å². The summed E-state index contributed by atoms with van der Waals surface area (Å²) in [6.07, 6.45) is 0. The van der Waals surface area contributed by atoms with E-state index in [2.05, 4.69) is 5.32 Å². The predicted molar refractivity (Wildman–Crippen MR) is 74.0 cm³/mol. The second kappa shape index (κ2) is 5.48. The fraction of sp³-hybridized carbons (Fsp3) is 0.0714. The van der Waals surface area contributed by atoms with Gasteiger partial charge in [0.25, 0.3) is 0 Å². The fourth-order valence-corrected chi connectivity index (χ4v) is 1.77. The monoisotopic (exact) mass is 276 g/mol. The van der Waals surface area contributed by atoms with Crippen molar-refractivity contribution < 1.29 is 19.0 Å². The number of hydrogen-bond donors (Lipinski definition) is 3. The van der Waals surface area contributed by atoms with Crippen LogP contribution in [0, 0.1) is 5.82 Å². The van der Waals surface area contributed by atoms with Crippen LogP contribution in [-0.4, -0.2) is 18.2 Å². The van der Waals surface area contributed by atoms with E-state index in [0.29, 0.717) is 17.1 Å². The summed E-state index contributed by atoms with van der Waals surface area (Å²) in [5.41, 5.74) is 6.88. The van der Waals surface area contributed by atoms with E-state index >= 15 is 0 Å². The standard InChI is InChI=1S/C14H13FN2O3/c1-20-13-6-8(15)2-5-11(13)17-12-7-9(16)3-4-10(12)14(18)19/h2-7,17H,16H2,1H3,(H,18,19). The van der Waals surface area contributed by atoms with Gasteiger partial charge in [-0.2, -0.15) is 0 Å². The van der Waals surface area contributed by atoms with E-state index in [9.17, 15) is 9.18 Å². The van der Waals surface area contributed by atoms with Gasteiger partial charge >= 0.3 is 5.97 Å². The van der Waals surface area contributed by atoms with Crippen LogP contribution in [0.15, 0.2) is 36.4 Å². The molecule has 0 saturated heterocycles. The first-order valence-corrected chi connectivity index (χ1v) is 5.74. The van der Waals surface area contributed by atoms with Gasteiger partial charge in [0, 0.05) is 11.8 Å². The Balaban J connectivity index is 2.44. The smallest absolute Gasteiger partial charge is 0.337 e. The molecule has 0 radical (unpaired) electrons. The number of nitrogens with two attached hydrogens (primary N) is 1. The van der Waals surface area contributed by atoms with Crippen molar-refractivity contribution in [1.82, 2.24) is 0 Å². The van der Waals surface area contributed by atoms with Crippen LogP contribution in [0.1, 0.15) is 10.4 Å². The van der Waals surface area contributed by atoms with Crippen molar-refractivity contribution in [1.29, 1.82) is 0 Å². The van der Waals surface area contributed by atoms with Crippen molar-refractivity contribution in [2.24, 2.45) is 0 Å². The van der Waals surface area contributed by atoms with E-state index < -0.39 is 11.8 Å². The number of nitrogen functional groups attached to an aromatic ring is 1. The molecule has 0 aromatic heterocycles. The van der Waals surface area contributed by atoms with Gasteiger partial charge in [-0.3, -0.25) is 0 Å². The van der Waals surface area contributed by atoms with E-state index in [1.54, 1.807) is 0 Å². The number of nitrogens with one attached hydrogen (secondary N) is 1. The molecule has 2 aromatic rings. The summed E-state index contributed by atoms with van der Waals surface area (Å²) in [6.45, 7) is 0. The molecule has 0 atom stereocenters. The molecule has 0 spiro atoms. The maximum atomic E-state index is 13.1. The minimum Gasteiger partial charge on any atom is -0.494 e. The Morgan fingerprint density at radius 1 is 1.25 bits per heavy atom. The minimum absolute atomic E-state index is 0.0607. The molecule has 0 unspecified atom stereocenters. The van der Waals surface area contributed by atoms with E-state index in [4.69, 9.17) is 15.6 Å². The second-order valence-corrected chi connectivity index (χ2v) is 4.08. The van der Waals surface area contributed by atoms with Crippen molar-refractivity contribution >= 4 is 23.0 Å². The van der Waals surface area contributed by atoms with Crippen LogP contribution in [0.25, 0.3) is 0 Å². The summed E-state index contributed by atoms with van der Waals surface area (Å²) >= 11 is 0. The van der Waals surface area contributed by atoms with Crippen LogP contribution < -0.4 is 15.8 Å². The summed E-state index contributed by atoms with van der Waals surface area (Å²) < 4.78 is 18.2.